The number of hydrogen-bond acceptors (Lipinski definition) is 4. The average Bonchev–Trinajstić information content (AvgIpc) is 2.82. The van der Waals surface area contributed by atoms with Crippen molar-refractivity contribution < 1.29 is 14.7 Å². The fourth-order valence-corrected chi connectivity index (χ4v) is 2.65. The third-order valence-corrected chi connectivity index (χ3v) is 3.77. The van der Waals surface area contributed by atoms with Crippen molar-refractivity contribution in [2.45, 2.75) is 38.3 Å². The van der Waals surface area contributed by atoms with Gasteiger partial charge in [0, 0.05) is 19.1 Å². The van der Waals surface area contributed by atoms with Gasteiger partial charge in [0.25, 0.3) is 5.91 Å². The molecule has 0 aromatic heterocycles. The summed E-state index contributed by atoms with van der Waals surface area (Å²) in [6.07, 6.45) is 2.05. The van der Waals surface area contributed by atoms with Crippen LogP contribution in [0.4, 0.5) is 4.79 Å². The Balaban J connectivity index is 1.91. The average molecular weight is 255 g/mol. The third kappa shape index (κ3) is 2.35. The Labute approximate surface area is 107 Å². The summed E-state index contributed by atoms with van der Waals surface area (Å²) in [5, 5.41) is 11.9. The molecule has 0 spiro atoms. The van der Waals surface area contributed by atoms with Crippen molar-refractivity contribution in [3.05, 3.63) is 0 Å². The predicted octanol–water partition coefficient (Wildman–Crippen LogP) is -0.226. The Kier molecular flexibility index (Phi) is 3.59. The number of imide groups is 1. The van der Waals surface area contributed by atoms with Crippen LogP contribution in [0, 0.1) is 0 Å². The van der Waals surface area contributed by atoms with Crippen LogP contribution in [-0.4, -0.2) is 64.7 Å². The smallest absolute Gasteiger partial charge is 0.325 e. The Hall–Kier alpha value is -1.14. The maximum Gasteiger partial charge on any atom is 0.325 e. The van der Waals surface area contributed by atoms with E-state index in [1.807, 2.05) is 0 Å². The molecule has 2 heterocycles. The van der Waals surface area contributed by atoms with E-state index in [1.54, 1.807) is 13.8 Å². The van der Waals surface area contributed by atoms with Gasteiger partial charge in [0.15, 0.2) is 0 Å². The molecule has 2 aliphatic heterocycles. The van der Waals surface area contributed by atoms with E-state index in [2.05, 4.69) is 10.2 Å². The SMILES string of the molecule is CC1(C)NC(=O)N(CCN2CCC[C@@H]2CO)C1=O. The fraction of sp³-hybridized carbons (Fsp3) is 0.833. The standard InChI is InChI=1S/C12H21N3O3/c1-12(2)10(17)15(11(18)13-12)7-6-14-5-3-4-9(14)8-16/h9,16H,3-8H2,1-2H3,(H,13,18)/t9-/m1/s1. The molecule has 2 N–H and O–H groups in total. The lowest BCUT2D eigenvalue weighted by atomic mass is 10.1. The van der Waals surface area contributed by atoms with Crippen LogP contribution in [-0.2, 0) is 4.79 Å². The highest BCUT2D eigenvalue weighted by atomic mass is 16.3. The van der Waals surface area contributed by atoms with Gasteiger partial charge < -0.3 is 10.4 Å². The van der Waals surface area contributed by atoms with Gasteiger partial charge in [-0.05, 0) is 33.2 Å². The lowest BCUT2D eigenvalue weighted by molar-refractivity contribution is -0.130. The number of amides is 3. The summed E-state index contributed by atoms with van der Waals surface area (Å²) in [6.45, 7) is 5.52. The van der Waals surface area contributed by atoms with Crippen LogP contribution >= 0.6 is 0 Å². The van der Waals surface area contributed by atoms with E-state index in [9.17, 15) is 14.7 Å². The molecule has 0 saturated carbocycles. The number of aliphatic hydroxyl groups excluding tert-OH is 1. The Morgan fingerprint density at radius 3 is 2.67 bits per heavy atom. The number of carbonyl (C=O) groups is 2. The number of urea groups is 1. The Bertz CT molecular complexity index is 356. The topological polar surface area (TPSA) is 72.9 Å². The molecule has 0 bridgehead atoms. The first-order chi connectivity index (χ1) is 8.45. The molecule has 2 saturated heterocycles. The van der Waals surface area contributed by atoms with E-state index in [0.717, 1.165) is 19.4 Å². The van der Waals surface area contributed by atoms with Gasteiger partial charge >= 0.3 is 6.03 Å². The van der Waals surface area contributed by atoms with Crippen LogP contribution in [0.5, 0.6) is 0 Å². The zero-order valence-electron chi connectivity index (χ0n) is 11.0. The predicted molar refractivity (Wildman–Crippen MR) is 66.0 cm³/mol. The molecule has 0 aromatic rings. The maximum absolute atomic E-state index is 12.0. The van der Waals surface area contributed by atoms with E-state index in [0.29, 0.717) is 13.1 Å². The molecule has 0 unspecified atom stereocenters. The van der Waals surface area contributed by atoms with Gasteiger partial charge in [-0.1, -0.05) is 0 Å². The van der Waals surface area contributed by atoms with Gasteiger partial charge in [-0.3, -0.25) is 14.6 Å². The summed E-state index contributed by atoms with van der Waals surface area (Å²) in [4.78, 5) is 27.1. The molecule has 6 heteroatoms. The molecule has 2 rings (SSSR count). The lowest BCUT2D eigenvalue weighted by Crippen LogP contribution is -2.43. The van der Waals surface area contributed by atoms with E-state index in [4.69, 9.17) is 0 Å². The highest BCUT2D eigenvalue weighted by Crippen LogP contribution is 2.19. The quantitative estimate of drug-likeness (QED) is 0.681. The van der Waals surface area contributed by atoms with Crippen molar-refractivity contribution >= 4 is 11.9 Å². The second kappa shape index (κ2) is 4.85. The fourth-order valence-electron chi connectivity index (χ4n) is 2.65. The van der Waals surface area contributed by atoms with Crippen LogP contribution in [0.2, 0.25) is 0 Å². The van der Waals surface area contributed by atoms with Crippen LogP contribution in [0.25, 0.3) is 0 Å². The molecule has 102 valence electrons. The normalized spacial score (nSPS) is 27.9. The van der Waals surface area contributed by atoms with Crippen molar-refractivity contribution in [3.63, 3.8) is 0 Å². The molecule has 3 amide bonds. The van der Waals surface area contributed by atoms with Gasteiger partial charge in [-0.25, -0.2) is 4.79 Å². The molecule has 0 aromatic carbocycles. The minimum Gasteiger partial charge on any atom is -0.395 e. The number of hydrogen-bond donors (Lipinski definition) is 2. The zero-order chi connectivity index (χ0) is 13.3. The number of aliphatic hydroxyl groups is 1. The summed E-state index contributed by atoms with van der Waals surface area (Å²) in [7, 11) is 0. The number of nitrogens with zero attached hydrogens (tertiary/aromatic N) is 2. The first-order valence-corrected chi connectivity index (χ1v) is 6.45. The van der Waals surface area contributed by atoms with Gasteiger partial charge in [0.2, 0.25) is 0 Å². The molecule has 0 aliphatic carbocycles. The minimum atomic E-state index is -0.793. The van der Waals surface area contributed by atoms with Crippen LogP contribution in [0.1, 0.15) is 26.7 Å². The van der Waals surface area contributed by atoms with Crippen LogP contribution < -0.4 is 5.32 Å². The van der Waals surface area contributed by atoms with Crippen LogP contribution in [0.3, 0.4) is 0 Å². The summed E-state index contributed by atoms with van der Waals surface area (Å²) in [5.41, 5.74) is -0.793. The van der Waals surface area contributed by atoms with E-state index in [-0.39, 0.29) is 24.6 Å². The van der Waals surface area contributed by atoms with Crippen molar-refractivity contribution in [1.82, 2.24) is 15.1 Å². The monoisotopic (exact) mass is 255 g/mol. The molecular formula is C12H21N3O3. The molecule has 6 nitrogen and oxygen atoms in total. The first kappa shape index (κ1) is 13.3. The van der Waals surface area contributed by atoms with Gasteiger partial charge in [0.05, 0.1) is 6.61 Å². The van der Waals surface area contributed by atoms with Gasteiger partial charge in [0.1, 0.15) is 5.54 Å². The van der Waals surface area contributed by atoms with Crippen molar-refractivity contribution in [1.29, 1.82) is 0 Å². The van der Waals surface area contributed by atoms with E-state index < -0.39 is 5.54 Å². The van der Waals surface area contributed by atoms with E-state index in [1.165, 1.54) is 4.90 Å². The van der Waals surface area contributed by atoms with Gasteiger partial charge in [-0.15, -0.1) is 0 Å². The largest absolute Gasteiger partial charge is 0.395 e. The molecular weight excluding hydrogens is 234 g/mol. The summed E-state index contributed by atoms with van der Waals surface area (Å²) in [6, 6.07) is -0.136. The summed E-state index contributed by atoms with van der Waals surface area (Å²) in [5.74, 6) is -0.174. The van der Waals surface area contributed by atoms with Crippen LogP contribution in [0.15, 0.2) is 0 Å². The highest BCUT2D eigenvalue weighted by Gasteiger charge is 2.44. The second-order valence-electron chi connectivity index (χ2n) is 5.53. The molecule has 2 fully saturated rings. The molecule has 18 heavy (non-hydrogen) atoms. The Morgan fingerprint density at radius 1 is 1.39 bits per heavy atom. The highest BCUT2D eigenvalue weighted by molar-refractivity contribution is 6.06. The van der Waals surface area contributed by atoms with Crippen molar-refractivity contribution in [2.75, 3.05) is 26.2 Å². The summed E-state index contributed by atoms with van der Waals surface area (Å²) < 4.78 is 0. The number of carbonyl (C=O) groups excluding carboxylic acids is 2. The van der Waals surface area contributed by atoms with Crippen molar-refractivity contribution in [3.8, 4) is 0 Å². The minimum absolute atomic E-state index is 0.144. The van der Waals surface area contributed by atoms with Gasteiger partial charge in [-0.2, -0.15) is 0 Å². The first-order valence-electron chi connectivity index (χ1n) is 6.45. The molecule has 0 radical (unpaired) electrons. The number of likely N-dealkylation sites (tertiary alicyclic amines) is 1. The molecule has 1 atom stereocenters. The number of rotatable bonds is 4. The second-order valence-corrected chi connectivity index (χ2v) is 5.53. The number of nitrogens with one attached hydrogen (secondary N) is 1. The van der Waals surface area contributed by atoms with E-state index >= 15 is 0 Å². The maximum atomic E-state index is 12.0. The third-order valence-electron chi connectivity index (χ3n) is 3.77. The zero-order valence-corrected chi connectivity index (χ0v) is 11.0. The van der Waals surface area contributed by atoms with Crippen molar-refractivity contribution in [2.24, 2.45) is 0 Å². The lowest BCUT2D eigenvalue weighted by Gasteiger charge is -2.24. The Morgan fingerprint density at radius 2 is 2.11 bits per heavy atom. The summed E-state index contributed by atoms with van der Waals surface area (Å²) >= 11 is 0. The molecule has 2 aliphatic rings.